The fourth-order valence-corrected chi connectivity index (χ4v) is 7.42. The zero-order valence-corrected chi connectivity index (χ0v) is 22.1. The molecule has 0 amide bonds. The Kier molecular flexibility index (Phi) is 7.09. The van der Waals surface area contributed by atoms with Crippen LogP contribution in [0.1, 0.15) is 56.2 Å². The number of hydrogen-bond donors (Lipinski definition) is 1. The molecular weight excluding hydrogens is 490 g/mol. The third-order valence-electron chi connectivity index (χ3n) is 7.49. The molecule has 2 aliphatic rings. The molecule has 0 radical (unpaired) electrons. The molecule has 2 heterocycles. The number of nitrogens with one attached hydrogen (secondary N) is 1. The molecule has 1 aromatic heterocycles. The molecule has 1 saturated carbocycles. The van der Waals surface area contributed by atoms with Crippen molar-refractivity contribution in [3.63, 3.8) is 0 Å². The van der Waals surface area contributed by atoms with Crippen molar-refractivity contribution in [3.8, 4) is 0 Å². The molecule has 196 valence electrons. The van der Waals surface area contributed by atoms with Crippen molar-refractivity contribution in [1.82, 2.24) is 8.87 Å². The third-order valence-corrected chi connectivity index (χ3v) is 9.35. The number of esters is 1. The average Bonchev–Trinajstić information content (AvgIpc) is 3.41. The van der Waals surface area contributed by atoms with Gasteiger partial charge in [-0.15, -0.1) is 0 Å². The van der Waals surface area contributed by atoms with Gasteiger partial charge < -0.3 is 10.1 Å². The maximum Gasteiger partial charge on any atom is 0.330 e. The van der Waals surface area contributed by atoms with Crippen molar-refractivity contribution < 1.29 is 17.9 Å². The highest BCUT2D eigenvalue weighted by atomic mass is 32.2. The highest BCUT2D eigenvalue weighted by Gasteiger charge is 2.42. The van der Waals surface area contributed by atoms with E-state index >= 15 is 0 Å². The lowest BCUT2D eigenvalue weighted by molar-refractivity contribution is -0.145. The summed E-state index contributed by atoms with van der Waals surface area (Å²) in [4.78, 5) is 26.9. The number of pyridine rings is 1. The second-order valence-electron chi connectivity index (χ2n) is 9.90. The quantitative estimate of drug-likeness (QED) is 0.469. The first-order chi connectivity index (χ1) is 17.8. The van der Waals surface area contributed by atoms with Gasteiger partial charge in [0.2, 0.25) is 0 Å². The second kappa shape index (κ2) is 10.3. The maximum atomic E-state index is 14.1. The molecule has 8 nitrogen and oxygen atoms in total. The number of ether oxygens (including phenoxy) is 1. The Hall–Kier alpha value is -3.17. The zero-order chi connectivity index (χ0) is 26.2. The lowest BCUT2D eigenvalue weighted by atomic mass is 9.97. The Labute approximate surface area is 217 Å². The SMILES string of the molecule is CCCN1CC(C(=O)OC)n2c(cc(Cc3cccc4ccccc34)c(NC3CCCC3)c2=O)S1(=O)=O. The zero-order valence-electron chi connectivity index (χ0n) is 21.3. The number of nitrogens with zero attached hydrogens (tertiary/aromatic N) is 2. The van der Waals surface area contributed by atoms with E-state index in [1.165, 1.54) is 11.4 Å². The van der Waals surface area contributed by atoms with E-state index in [9.17, 15) is 18.0 Å². The van der Waals surface area contributed by atoms with E-state index in [2.05, 4.69) is 5.32 Å². The summed E-state index contributed by atoms with van der Waals surface area (Å²) < 4.78 is 34.8. The number of methoxy groups -OCH3 is 1. The predicted molar refractivity (Wildman–Crippen MR) is 143 cm³/mol. The molecular formula is C28H33N3O5S. The van der Waals surface area contributed by atoms with Crippen molar-refractivity contribution in [1.29, 1.82) is 0 Å². The highest BCUT2D eigenvalue weighted by molar-refractivity contribution is 7.89. The Bertz CT molecular complexity index is 1490. The van der Waals surface area contributed by atoms with Gasteiger partial charge in [-0.3, -0.25) is 9.36 Å². The van der Waals surface area contributed by atoms with Crippen molar-refractivity contribution >= 4 is 32.5 Å². The van der Waals surface area contributed by atoms with Crippen molar-refractivity contribution in [3.05, 3.63) is 70.0 Å². The van der Waals surface area contributed by atoms with E-state index < -0.39 is 27.6 Å². The highest BCUT2D eigenvalue weighted by Crippen LogP contribution is 2.33. The van der Waals surface area contributed by atoms with Crippen LogP contribution in [0, 0.1) is 0 Å². The molecule has 0 saturated heterocycles. The third kappa shape index (κ3) is 4.66. The fraction of sp³-hybridized carbons (Fsp3) is 0.429. The first-order valence-electron chi connectivity index (χ1n) is 12.9. The van der Waals surface area contributed by atoms with Gasteiger partial charge in [-0.25, -0.2) is 13.2 Å². The standard InChI is InChI=1S/C28H33N3O5S/c1-3-15-30-18-24(28(33)36-2)31-25(37(30,34)35)17-21(26(27(31)32)29-22-12-5-6-13-22)16-20-11-8-10-19-9-4-7-14-23(19)20/h4,7-11,14,17,22,24,29H,3,5-6,12-13,15-16,18H2,1-2H3. The van der Waals surface area contributed by atoms with E-state index in [1.54, 1.807) is 6.07 Å². The molecule has 2 aromatic carbocycles. The van der Waals surface area contributed by atoms with Gasteiger partial charge in [-0.05, 0) is 47.2 Å². The van der Waals surface area contributed by atoms with Gasteiger partial charge in [0.05, 0.1) is 7.11 Å². The van der Waals surface area contributed by atoms with Gasteiger partial charge in [0.1, 0.15) is 11.7 Å². The van der Waals surface area contributed by atoms with E-state index in [-0.39, 0.29) is 24.2 Å². The maximum absolute atomic E-state index is 14.1. The minimum Gasteiger partial charge on any atom is -0.467 e. The predicted octanol–water partition coefficient (Wildman–Crippen LogP) is 4.08. The molecule has 0 bridgehead atoms. The van der Waals surface area contributed by atoms with Crippen LogP contribution in [0.3, 0.4) is 0 Å². The summed E-state index contributed by atoms with van der Waals surface area (Å²) in [5.74, 6) is -0.632. The number of fused-ring (bicyclic) bond motifs is 2. The molecule has 1 aliphatic carbocycles. The molecule has 1 N–H and O–H groups in total. The fourth-order valence-electron chi connectivity index (χ4n) is 5.64. The van der Waals surface area contributed by atoms with Gasteiger partial charge in [0, 0.05) is 25.6 Å². The molecule has 37 heavy (non-hydrogen) atoms. The summed E-state index contributed by atoms with van der Waals surface area (Å²) in [7, 11) is -2.73. The normalized spacial score (nSPS) is 19.6. The van der Waals surface area contributed by atoms with Crippen LogP contribution in [0.15, 0.2) is 58.4 Å². The van der Waals surface area contributed by atoms with Crippen LogP contribution < -0.4 is 10.9 Å². The molecule has 9 heteroatoms. The number of carbonyl (C=O) groups is 1. The Balaban J connectivity index is 1.72. The van der Waals surface area contributed by atoms with E-state index in [0.29, 0.717) is 24.1 Å². The molecule has 3 aromatic rings. The van der Waals surface area contributed by atoms with Crippen molar-refractivity contribution in [2.45, 2.75) is 62.6 Å². The Morgan fingerprint density at radius 1 is 1.08 bits per heavy atom. The molecule has 1 unspecified atom stereocenters. The van der Waals surface area contributed by atoms with Crippen LogP contribution in [0.5, 0.6) is 0 Å². The molecule has 1 fully saturated rings. The number of sulfonamides is 1. The molecule has 5 rings (SSSR count). The number of rotatable bonds is 7. The topological polar surface area (TPSA) is 97.7 Å². The first kappa shape index (κ1) is 25.5. The van der Waals surface area contributed by atoms with Crippen molar-refractivity contribution in [2.75, 3.05) is 25.5 Å². The largest absolute Gasteiger partial charge is 0.467 e. The molecule has 0 spiro atoms. The summed E-state index contributed by atoms with van der Waals surface area (Å²) in [5, 5.41) is 5.42. The van der Waals surface area contributed by atoms with Gasteiger partial charge in [-0.1, -0.05) is 62.2 Å². The summed E-state index contributed by atoms with van der Waals surface area (Å²) in [6, 6.07) is 14.7. The van der Waals surface area contributed by atoms with Gasteiger partial charge in [0.25, 0.3) is 15.6 Å². The van der Waals surface area contributed by atoms with Gasteiger partial charge >= 0.3 is 5.97 Å². The molecule has 1 aliphatic heterocycles. The summed E-state index contributed by atoms with van der Waals surface area (Å²) >= 11 is 0. The number of aromatic nitrogens is 1. The average molecular weight is 524 g/mol. The molecule has 1 atom stereocenters. The lowest BCUT2D eigenvalue weighted by Gasteiger charge is -2.34. The van der Waals surface area contributed by atoms with Crippen LogP contribution in [-0.2, 0) is 26.0 Å². The number of hydrogen-bond acceptors (Lipinski definition) is 6. The van der Waals surface area contributed by atoms with Crippen LogP contribution in [0.25, 0.3) is 10.8 Å². The van der Waals surface area contributed by atoms with E-state index in [4.69, 9.17) is 4.74 Å². The minimum absolute atomic E-state index is 0.124. The smallest absolute Gasteiger partial charge is 0.330 e. The summed E-state index contributed by atoms with van der Waals surface area (Å²) in [6.07, 6.45) is 5.00. The summed E-state index contributed by atoms with van der Waals surface area (Å²) in [5.41, 5.74) is 1.50. The van der Waals surface area contributed by atoms with Crippen LogP contribution in [-0.4, -0.2) is 49.5 Å². The first-order valence-corrected chi connectivity index (χ1v) is 14.4. The Morgan fingerprint density at radius 2 is 1.81 bits per heavy atom. The van der Waals surface area contributed by atoms with E-state index in [1.807, 2.05) is 49.4 Å². The summed E-state index contributed by atoms with van der Waals surface area (Å²) in [6.45, 7) is 2.01. The monoisotopic (exact) mass is 523 g/mol. The van der Waals surface area contributed by atoms with Crippen LogP contribution >= 0.6 is 0 Å². The van der Waals surface area contributed by atoms with Crippen molar-refractivity contribution in [2.24, 2.45) is 0 Å². The number of benzene rings is 2. The number of anilines is 1. The van der Waals surface area contributed by atoms with E-state index in [0.717, 1.165) is 46.6 Å². The Morgan fingerprint density at radius 3 is 2.54 bits per heavy atom. The van der Waals surface area contributed by atoms with Crippen LogP contribution in [0.4, 0.5) is 5.69 Å². The minimum atomic E-state index is -3.98. The van der Waals surface area contributed by atoms with Gasteiger partial charge in [0.15, 0.2) is 5.03 Å². The second-order valence-corrected chi connectivity index (χ2v) is 11.8. The van der Waals surface area contributed by atoms with Gasteiger partial charge in [-0.2, -0.15) is 4.31 Å². The van der Waals surface area contributed by atoms with Crippen LogP contribution in [0.2, 0.25) is 0 Å². The number of carbonyl (C=O) groups excluding carboxylic acids is 1. The lowest BCUT2D eigenvalue weighted by Crippen LogP contribution is -2.50.